The molecule has 0 unspecified atom stereocenters. The van der Waals surface area contributed by atoms with Crippen LogP contribution in [0.15, 0.2) is 4.79 Å². The molecule has 4 rings (SSSR count). The molecule has 164 valence electrons. The molecule has 10 nitrogen and oxygen atoms in total. The summed E-state index contributed by atoms with van der Waals surface area (Å²) in [5, 5.41) is 4.49. The topological polar surface area (TPSA) is 99.1 Å². The van der Waals surface area contributed by atoms with Crippen LogP contribution in [0.25, 0.3) is 5.78 Å². The highest BCUT2D eigenvalue weighted by molar-refractivity contribution is 5.68. The second-order valence-corrected chi connectivity index (χ2v) is 8.91. The molecule has 2 aliphatic rings. The average Bonchev–Trinajstić information content (AvgIpc) is 3.36. The van der Waals surface area contributed by atoms with Gasteiger partial charge in [0.2, 0.25) is 11.7 Å². The Morgan fingerprint density at radius 1 is 1.07 bits per heavy atom. The Kier molecular flexibility index (Phi) is 5.33. The third kappa shape index (κ3) is 3.95. The molecule has 2 aromatic rings. The van der Waals surface area contributed by atoms with E-state index in [0.29, 0.717) is 50.0 Å². The summed E-state index contributed by atoms with van der Waals surface area (Å²) in [6.45, 7) is 11.6. The Bertz CT molecular complexity index is 977. The number of nitrogens with one attached hydrogen (secondary N) is 1. The van der Waals surface area contributed by atoms with Crippen LogP contribution in [-0.2, 0) is 11.2 Å². The van der Waals surface area contributed by atoms with Gasteiger partial charge in [0.1, 0.15) is 11.3 Å². The predicted octanol–water partition coefficient (Wildman–Crippen LogP) is 1.64. The van der Waals surface area contributed by atoms with E-state index in [1.807, 2.05) is 32.6 Å². The van der Waals surface area contributed by atoms with E-state index in [-0.39, 0.29) is 11.7 Å². The molecule has 0 atom stereocenters. The van der Waals surface area contributed by atoms with Crippen molar-refractivity contribution in [2.45, 2.75) is 52.6 Å². The zero-order valence-electron chi connectivity index (χ0n) is 18.3. The van der Waals surface area contributed by atoms with Crippen molar-refractivity contribution in [3.8, 4) is 0 Å². The first-order valence-electron chi connectivity index (χ1n) is 10.8. The van der Waals surface area contributed by atoms with Gasteiger partial charge in [-0.05, 0) is 40.0 Å². The van der Waals surface area contributed by atoms with E-state index < -0.39 is 5.60 Å². The van der Waals surface area contributed by atoms with Crippen LogP contribution in [0.2, 0.25) is 0 Å². The van der Waals surface area contributed by atoms with E-state index >= 15 is 0 Å². The zero-order chi connectivity index (χ0) is 21.5. The highest BCUT2D eigenvalue weighted by Crippen LogP contribution is 2.21. The molecule has 1 amide bonds. The number of aromatic amines is 1. The molecule has 10 heteroatoms. The Morgan fingerprint density at radius 2 is 1.73 bits per heavy atom. The van der Waals surface area contributed by atoms with Gasteiger partial charge in [0, 0.05) is 45.0 Å². The number of aromatic nitrogens is 4. The molecule has 0 aromatic carbocycles. The maximum absolute atomic E-state index is 13.3. The van der Waals surface area contributed by atoms with Gasteiger partial charge < -0.3 is 24.4 Å². The standard InChI is InChI=1S/C20H31N7O3/c1-5-14-15(24-10-12-26(13-11-24)19(29)30-20(2,3)4)16(28)27-17(21-14)22-18(23-27)25-8-6-7-9-25/h5-13H2,1-4H3,(H,21,22,23). The van der Waals surface area contributed by atoms with Gasteiger partial charge in [0.15, 0.2) is 0 Å². The van der Waals surface area contributed by atoms with Gasteiger partial charge in [-0.25, -0.2) is 4.79 Å². The van der Waals surface area contributed by atoms with Crippen molar-refractivity contribution in [2.75, 3.05) is 49.1 Å². The number of H-pyrrole nitrogens is 1. The van der Waals surface area contributed by atoms with E-state index in [0.717, 1.165) is 31.6 Å². The number of amides is 1. The fourth-order valence-electron chi connectivity index (χ4n) is 4.02. The summed E-state index contributed by atoms with van der Waals surface area (Å²) in [6.07, 6.45) is 2.61. The highest BCUT2D eigenvalue weighted by atomic mass is 16.6. The number of rotatable bonds is 3. The van der Waals surface area contributed by atoms with Crippen molar-refractivity contribution in [1.29, 1.82) is 0 Å². The first-order valence-corrected chi connectivity index (χ1v) is 10.8. The van der Waals surface area contributed by atoms with Crippen LogP contribution in [0.3, 0.4) is 0 Å². The maximum atomic E-state index is 13.3. The minimum Gasteiger partial charge on any atom is -0.444 e. The van der Waals surface area contributed by atoms with Crippen LogP contribution in [0.5, 0.6) is 0 Å². The van der Waals surface area contributed by atoms with E-state index in [2.05, 4.69) is 20.0 Å². The molecule has 0 bridgehead atoms. The SMILES string of the molecule is CCc1[nH]c2nc(N3CCCC3)nn2c(=O)c1N1CCN(C(=O)OC(C)(C)C)CC1. The highest BCUT2D eigenvalue weighted by Gasteiger charge is 2.29. The van der Waals surface area contributed by atoms with Crippen molar-refractivity contribution < 1.29 is 9.53 Å². The van der Waals surface area contributed by atoms with Crippen LogP contribution in [0.1, 0.15) is 46.2 Å². The monoisotopic (exact) mass is 417 g/mol. The van der Waals surface area contributed by atoms with Crippen molar-refractivity contribution in [1.82, 2.24) is 24.5 Å². The second-order valence-electron chi connectivity index (χ2n) is 8.91. The Balaban J connectivity index is 1.57. The summed E-state index contributed by atoms with van der Waals surface area (Å²) in [4.78, 5) is 39.4. The number of hydrogen-bond acceptors (Lipinski definition) is 7. The average molecular weight is 418 g/mol. The summed E-state index contributed by atoms with van der Waals surface area (Å²) in [6, 6.07) is 0. The molecule has 0 radical (unpaired) electrons. The van der Waals surface area contributed by atoms with Crippen LogP contribution >= 0.6 is 0 Å². The van der Waals surface area contributed by atoms with Gasteiger partial charge in [0.25, 0.3) is 5.56 Å². The largest absolute Gasteiger partial charge is 0.444 e. The number of anilines is 2. The summed E-state index contributed by atoms with van der Waals surface area (Å²) >= 11 is 0. The first kappa shape index (κ1) is 20.5. The zero-order valence-corrected chi connectivity index (χ0v) is 18.3. The number of piperazine rings is 1. The molecule has 30 heavy (non-hydrogen) atoms. The van der Waals surface area contributed by atoms with Gasteiger partial charge in [-0.15, -0.1) is 5.10 Å². The summed E-state index contributed by atoms with van der Waals surface area (Å²) < 4.78 is 6.85. The number of fused-ring (bicyclic) bond motifs is 1. The van der Waals surface area contributed by atoms with E-state index in [9.17, 15) is 9.59 Å². The van der Waals surface area contributed by atoms with Crippen LogP contribution in [0, 0.1) is 0 Å². The third-order valence-corrected chi connectivity index (χ3v) is 5.53. The molecule has 0 spiro atoms. The minimum absolute atomic E-state index is 0.163. The number of aryl methyl sites for hydroxylation is 1. The van der Waals surface area contributed by atoms with Gasteiger partial charge in [-0.3, -0.25) is 4.79 Å². The van der Waals surface area contributed by atoms with E-state index in [4.69, 9.17) is 4.74 Å². The lowest BCUT2D eigenvalue weighted by Crippen LogP contribution is -2.51. The molecule has 2 aliphatic heterocycles. The number of carbonyl (C=O) groups is 1. The summed E-state index contributed by atoms with van der Waals surface area (Å²) in [5.41, 5.74) is 0.779. The maximum Gasteiger partial charge on any atom is 0.410 e. The van der Waals surface area contributed by atoms with Crippen LogP contribution in [0.4, 0.5) is 16.4 Å². The van der Waals surface area contributed by atoms with Gasteiger partial charge in [0.05, 0.1) is 0 Å². The molecule has 2 saturated heterocycles. The summed E-state index contributed by atoms with van der Waals surface area (Å²) in [5.74, 6) is 1.09. The third-order valence-electron chi connectivity index (χ3n) is 5.53. The molecule has 0 aliphatic carbocycles. The normalized spacial score (nSPS) is 17.8. The van der Waals surface area contributed by atoms with Gasteiger partial charge >= 0.3 is 6.09 Å². The molecule has 2 aromatic heterocycles. The molecule has 2 fully saturated rings. The van der Waals surface area contributed by atoms with E-state index in [1.54, 1.807) is 4.90 Å². The molecule has 0 saturated carbocycles. The fourth-order valence-corrected chi connectivity index (χ4v) is 4.02. The Hall–Kier alpha value is -2.78. The fraction of sp³-hybridized carbons (Fsp3) is 0.700. The minimum atomic E-state index is -0.522. The quantitative estimate of drug-likeness (QED) is 0.810. The van der Waals surface area contributed by atoms with E-state index in [1.165, 1.54) is 4.52 Å². The Labute approximate surface area is 175 Å². The number of carbonyl (C=O) groups excluding carboxylic acids is 1. The number of hydrogen-bond donors (Lipinski definition) is 1. The van der Waals surface area contributed by atoms with Crippen molar-refractivity contribution >= 4 is 23.5 Å². The molecular weight excluding hydrogens is 386 g/mol. The molecular formula is C20H31N7O3. The van der Waals surface area contributed by atoms with Crippen LogP contribution in [-0.4, -0.2) is 75.4 Å². The first-order chi connectivity index (χ1) is 14.3. The van der Waals surface area contributed by atoms with Crippen molar-refractivity contribution in [3.63, 3.8) is 0 Å². The Morgan fingerprint density at radius 3 is 2.33 bits per heavy atom. The second kappa shape index (κ2) is 7.81. The lowest BCUT2D eigenvalue weighted by Gasteiger charge is -2.36. The van der Waals surface area contributed by atoms with Crippen molar-refractivity contribution in [2.24, 2.45) is 0 Å². The lowest BCUT2D eigenvalue weighted by molar-refractivity contribution is 0.0240. The van der Waals surface area contributed by atoms with Crippen molar-refractivity contribution in [3.05, 3.63) is 16.0 Å². The summed E-state index contributed by atoms with van der Waals surface area (Å²) in [7, 11) is 0. The molecule has 4 heterocycles. The lowest BCUT2D eigenvalue weighted by atomic mass is 10.2. The predicted molar refractivity (Wildman–Crippen MR) is 114 cm³/mol. The number of nitrogens with zero attached hydrogens (tertiary/aromatic N) is 6. The number of ether oxygens (including phenoxy) is 1. The van der Waals surface area contributed by atoms with Crippen LogP contribution < -0.4 is 15.4 Å². The molecule has 1 N–H and O–H groups in total. The smallest absolute Gasteiger partial charge is 0.410 e. The van der Waals surface area contributed by atoms with Gasteiger partial charge in [-0.1, -0.05) is 6.92 Å². The van der Waals surface area contributed by atoms with Gasteiger partial charge in [-0.2, -0.15) is 9.50 Å².